The molecule has 0 spiro atoms. The van der Waals surface area contributed by atoms with E-state index in [1.54, 1.807) is 12.4 Å². The second-order valence-corrected chi connectivity index (χ2v) is 5.28. The molecule has 0 aliphatic carbocycles. The van der Waals surface area contributed by atoms with Crippen molar-refractivity contribution in [3.63, 3.8) is 0 Å². The van der Waals surface area contributed by atoms with Crippen LogP contribution in [-0.2, 0) is 4.74 Å². The lowest BCUT2D eigenvalue weighted by Crippen LogP contribution is -2.39. The Morgan fingerprint density at radius 2 is 2.00 bits per heavy atom. The summed E-state index contributed by atoms with van der Waals surface area (Å²) in [6.45, 7) is 2.97. The van der Waals surface area contributed by atoms with E-state index in [1.807, 2.05) is 7.05 Å². The molecular formula is C14H22N4O. The molecule has 1 unspecified atom stereocenters. The van der Waals surface area contributed by atoms with Crippen molar-refractivity contribution in [1.29, 1.82) is 0 Å². The molecule has 1 aromatic rings. The van der Waals surface area contributed by atoms with Crippen molar-refractivity contribution in [3.8, 4) is 0 Å². The molecule has 0 aromatic carbocycles. The number of likely N-dealkylation sites (tertiary alicyclic amines) is 1. The molecule has 1 aromatic heterocycles. The number of nitrogens with one attached hydrogen (secondary N) is 1. The highest BCUT2D eigenvalue weighted by atomic mass is 16.5. The van der Waals surface area contributed by atoms with E-state index in [0.29, 0.717) is 12.1 Å². The Kier molecular flexibility index (Phi) is 3.94. The average Bonchev–Trinajstić information content (AvgIpc) is 2.97. The zero-order valence-corrected chi connectivity index (χ0v) is 11.5. The van der Waals surface area contributed by atoms with Gasteiger partial charge >= 0.3 is 0 Å². The molecule has 2 aliphatic heterocycles. The van der Waals surface area contributed by atoms with E-state index in [9.17, 15) is 0 Å². The van der Waals surface area contributed by atoms with Gasteiger partial charge in [-0.2, -0.15) is 0 Å². The second-order valence-electron chi connectivity index (χ2n) is 5.28. The maximum Gasteiger partial charge on any atom is 0.149 e. The van der Waals surface area contributed by atoms with Crippen molar-refractivity contribution in [2.45, 2.75) is 37.8 Å². The fraction of sp³-hybridized carbons (Fsp3) is 0.714. The second kappa shape index (κ2) is 5.84. The molecular weight excluding hydrogens is 240 g/mol. The summed E-state index contributed by atoms with van der Waals surface area (Å²) in [6.07, 6.45) is 8.28. The molecule has 2 fully saturated rings. The Labute approximate surface area is 114 Å². The summed E-state index contributed by atoms with van der Waals surface area (Å²) in [4.78, 5) is 11.6. The topological polar surface area (TPSA) is 50.3 Å². The maximum atomic E-state index is 5.48. The maximum absolute atomic E-state index is 5.48. The van der Waals surface area contributed by atoms with E-state index in [0.717, 1.165) is 37.6 Å². The van der Waals surface area contributed by atoms with Gasteiger partial charge in [0, 0.05) is 38.7 Å². The summed E-state index contributed by atoms with van der Waals surface area (Å²) in [7, 11) is 1.92. The van der Waals surface area contributed by atoms with Crippen molar-refractivity contribution in [1.82, 2.24) is 14.9 Å². The van der Waals surface area contributed by atoms with Crippen LogP contribution >= 0.6 is 0 Å². The summed E-state index contributed by atoms with van der Waals surface area (Å²) in [5.41, 5.74) is 1.11. The van der Waals surface area contributed by atoms with Crippen molar-refractivity contribution in [3.05, 3.63) is 18.1 Å². The lowest BCUT2D eigenvalue weighted by Gasteiger charge is -2.35. The summed E-state index contributed by atoms with van der Waals surface area (Å²) in [5, 5.41) is 3.17. The van der Waals surface area contributed by atoms with Gasteiger partial charge in [0.2, 0.25) is 0 Å². The Hall–Kier alpha value is -1.20. The monoisotopic (exact) mass is 262 g/mol. The summed E-state index contributed by atoms with van der Waals surface area (Å²) in [5.74, 6) is 0.923. The Balaban J connectivity index is 1.82. The predicted octanol–water partition coefficient (Wildman–Crippen LogP) is 1.83. The smallest absolute Gasteiger partial charge is 0.149 e. The molecule has 3 heterocycles. The first kappa shape index (κ1) is 12.8. The highest BCUT2D eigenvalue weighted by Gasteiger charge is 2.34. The molecule has 1 atom stereocenters. The number of anilines is 1. The number of aromatic nitrogens is 2. The van der Waals surface area contributed by atoms with E-state index < -0.39 is 0 Å². The number of ether oxygens (including phenoxy) is 1. The molecule has 5 nitrogen and oxygen atoms in total. The minimum Gasteiger partial charge on any atom is -0.381 e. The quantitative estimate of drug-likeness (QED) is 0.900. The van der Waals surface area contributed by atoms with Gasteiger partial charge in [0.15, 0.2) is 0 Å². The van der Waals surface area contributed by atoms with Crippen LogP contribution in [0, 0.1) is 0 Å². The van der Waals surface area contributed by atoms with Crippen LogP contribution in [0.5, 0.6) is 0 Å². The highest BCUT2D eigenvalue weighted by Crippen LogP contribution is 2.37. The van der Waals surface area contributed by atoms with Crippen molar-refractivity contribution in [2.75, 3.05) is 32.1 Å². The zero-order chi connectivity index (χ0) is 13.1. The van der Waals surface area contributed by atoms with Crippen LogP contribution in [0.15, 0.2) is 12.4 Å². The van der Waals surface area contributed by atoms with Crippen LogP contribution in [-0.4, -0.2) is 47.7 Å². The Bertz CT molecular complexity index is 420. The fourth-order valence-corrected chi connectivity index (χ4v) is 3.32. The first-order chi connectivity index (χ1) is 9.40. The number of nitrogens with zero attached hydrogens (tertiary/aromatic N) is 3. The average molecular weight is 262 g/mol. The first-order valence-corrected chi connectivity index (χ1v) is 7.22. The van der Waals surface area contributed by atoms with Gasteiger partial charge in [0.1, 0.15) is 5.82 Å². The molecule has 104 valence electrons. The molecule has 0 bridgehead atoms. The Morgan fingerprint density at radius 3 is 2.79 bits per heavy atom. The van der Waals surface area contributed by atoms with E-state index >= 15 is 0 Å². The van der Waals surface area contributed by atoms with E-state index in [4.69, 9.17) is 4.74 Å². The molecule has 0 amide bonds. The molecule has 1 N–H and O–H groups in total. The van der Waals surface area contributed by atoms with Crippen LogP contribution in [0.1, 0.15) is 37.4 Å². The van der Waals surface area contributed by atoms with Gasteiger partial charge in [-0.05, 0) is 32.2 Å². The van der Waals surface area contributed by atoms with Gasteiger partial charge < -0.3 is 10.1 Å². The van der Waals surface area contributed by atoms with Gasteiger partial charge in [0.05, 0.1) is 11.7 Å². The van der Waals surface area contributed by atoms with Gasteiger partial charge in [-0.1, -0.05) is 0 Å². The SMILES string of the molecule is CNc1nccnc1C1CCCN1C1CCOCC1. The van der Waals surface area contributed by atoms with Gasteiger partial charge in [-0.25, -0.2) is 4.98 Å². The van der Waals surface area contributed by atoms with E-state index in [2.05, 4.69) is 20.2 Å². The highest BCUT2D eigenvalue weighted by molar-refractivity contribution is 5.40. The number of hydrogen-bond donors (Lipinski definition) is 1. The van der Waals surface area contributed by atoms with Gasteiger partial charge in [-0.3, -0.25) is 9.88 Å². The molecule has 5 heteroatoms. The third-order valence-electron chi connectivity index (χ3n) is 4.23. The first-order valence-electron chi connectivity index (χ1n) is 7.22. The minimum absolute atomic E-state index is 0.416. The molecule has 2 aliphatic rings. The van der Waals surface area contributed by atoms with Crippen LogP contribution in [0.3, 0.4) is 0 Å². The van der Waals surface area contributed by atoms with Crippen LogP contribution in [0.2, 0.25) is 0 Å². The standard InChI is InChI=1S/C14H22N4O/c1-15-14-13(16-6-7-17-14)12-3-2-8-18(12)11-4-9-19-10-5-11/h6-7,11-12H,2-5,8-10H2,1H3,(H,15,17). The van der Waals surface area contributed by atoms with Crippen LogP contribution in [0.4, 0.5) is 5.82 Å². The third-order valence-corrected chi connectivity index (χ3v) is 4.23. The van der Waals surface area contributed by atoms with Gasteiger partial charge in [-0.15, -0.1) is 0 Å². The molecule has 2 saturated heterocycles. The predicted molar refractivity (Wildman–Crippen MR) is 74.1 cm³/mol. The van der Waals surface area contributed by atoms with Gasteiger partial charge in [0.25, 0.3) is 0 Å². The minimum atomic E-state index is 0.416. The Morgan fingerprint density at radius 1 is 1.21 bits per heavy atom. The number of rotatable bonds is 3. The van der Waals surface area contributed by atoms with Crippen molar-refractivity contribution >= 4 is 5.82 Å². The number of hydrogen-bond acceptors (Lipinski definition) is 5. The normalized spacial score (nSPS) is 25.6. The molecule has 19 heavy (non-hydrogen) atoms. The van der Waals surface area contributed by atoms with Crippen molar-refractivity contribution in [2.24, 2.45) is 0 Å². The molecule has 0 radical (unpaired) electrons. The van der Waals surface area contributed by atoms with Crippen LogP contribution < -0.4 is 5.32 Å². The van der Waals surface area contributed by atoms with Crippen LogP contribution in [0.25, 0.3) is 0 Å². The summed E-state index contributed by atoms with van der Waals surface area (Å²) >= 11 is 0. The molecule has 3 rings (SSSR count). The largest absolute Gasteiger partial charge is 0.381 e. The summed E-state index contributed by atoms with van der Waals surface area (Å²) < 4.78 is 5.48. The summed E-state index contributed by atoms with van der Waals surface area (Å²) in [6, 6.07) is 1.06. The third kappa shape index (κ3) is 2.58. The van der Waals surface area contributed by atoms with E-state index in [1.165, 1.54) is 19.4 Å². The van der Waals surface area contributed by atoms with E-state index in [-0.39, 0.29) is 0 Å². The lowest BCUT2D eigenvalue weighted by atomic mass is 10.0. The lowest BCUT2D eigenvalue weighted by molar-refractivity contribution is 0.0286. The molecule has 0 saturated carbocycles. The van der Waals surface area contributed by atoms with Crippen molar-refractivity contribution < 1.29 is 4.74 Å². The zero-order valence-electron chi connectivity index (χ0n) is 11.5. The fourth-order valence-electron chi connectivity index (χ4n) is 3.32.